The summed E-state index contributed by atoms with van der Waals surface area (Å²) in [6, 6.07) is 7.79. The second kappa shape index (κ2) is 5.76. The third-order valence-corrected chi connectivity index (χ3v) is 3.79. The van der Waals surface area contributed by atoms with Crippen LogP contribution in [0, 0.1) is 0 Å². The van der Waals surface area contributed by atoms with Gasteiger partial charge in [-0.2, -0.15) is 0 Å². The van der Waals surface area contributed by atoms with Crippen LogP contribution < -0.4 is 0 Å². The molecular formula is C14H19NO2S. The molecule has 3 nitrogen and oxygen atoms in total. The highest BCUT2D eigenvalue weighted by Gasteiger charge is 2.26. The molecule has 0 N–H and O–H groups in total. The lowest BCUT2D eigenvalue weighted by molar-refractivity contribution is -0.0586. The van der Waals surface area contributed by atoms with Gasteiger partial charge < -0.3 is 9.64 Å². The third kappa shape index (κ3) is 3.06. The fourth-order valence-corrected chi connectivity index (χ4v) is 2.67. The highest BCUT2D eigenvalue weighted by Crippen LogP contribution is 2.18. The molecule has 0 aliphatic carbocycles. The van der Waals surface area contributed by atoms with E-state index in [1.54, 1.807) is 11.8 Å². The van der Waals surface area contributed by atoms with Crippen LogP contribution in [0.25, 0.3) is 0 Å². The molecule has 1 heterocycles. The first-order valence-corrected chi connectivity index (χ1v) is 7.41. The summed E-state index contributed by atoms with van der Waals surface area (Å²) in [6.45, 7) is 5.36. The van der Waals surface area contributed by atoms with Gasteiger partial charge in [0.25, 0.3) is 5.91 Å². The van der Waals surface area contributed by atoms with Crippen molar-refractivity contribution in [2.45, 2.75) is 31.0 Å². The van der Waals surface area contributed by atoms with Crippen LogP contribution in [-0.2, 0) is 4.74 Å². The minimum atomic E-state index is 0.102. The first-order chi connectivity index (χ1) is 8.60. The Morgan fingerprint density at radius 2 is 1.78 bits per heavy atom. The van der Waals surface area contributed by atoms with Gasteiger partial charge in [0.2, 0.25) is 0 Å². The Hall–Kier alpha value is -1.00. The summed E-state index contributed by atoms with van der Waals surface area (Å²) in [7, 11) is 0. The van der Waals surface area contributed by atoms with E-state index in [4.69, 9.17) is 4.74 Å². The minimum Gasteiger partial charge on any atom is -0.372 e. The van der Waals surface area contributed by atoms with Crippen LogP contribution in [0.15, 0.2) is 29.2 Å². The summed E-state index contributed by atoms with van der Waals surface area (Å²) in [5.41, 5.74) is 0.758. The number of nitrogens with zero attached hydrogens (tertiary/aromatic N) is 1. The number of hydrogen-bond acceptors (Lipinski definition) is 3. The van der Waals surface area contributed by atoms with Gasteiger partial charge in [0.15, 0.2) is 0 Å². The predicted octanol–water partition coefficient (Wildman–Crippen LogP) is 2.66. The van der Waals surface area contributed by atoms with E-state index in [9.17, 15) is 4.79 Å². The number of carbonyl (C=O) groups is 1. The van der Waals surface area contributed by atoms with Crippen molar-refractivity contribution in [1.29, 1.82) is 0 Å². The van der Waals surface area contributed by atoms with Gasteiger partial charge in [0, 0.05) is 23.5 Å². The summed E-state index contributed by atoms with van der Waals surface area (Å²) in [6.07, 6.45) is 2.26. The van der Waals surface area contributed by atoms with Crippen LogP contribution >= 0.6 is 11.8 Å². The lowest BCUT2D eigenvalue weighted by atomic mass is 10.1. The van der Waals surface area contributed by atoms with Gasteiger partial charge >= 0.3 is 0 Å². The highest BCUT2D eigenvalue weighted by molar-refractivity contribution is 7.98. The van der Waals surface area contributed by atoms with Crippen LogP contribution in [0.4, 0.5) is 0 Å². The first kappa shape index (κ1) is 13.4. The van der Waals surface area contributed by atoms with Crippen molar-refractivity contribution in [2.24, 2.45) is 0 Å². The maximum absolute atomic E-state index is 12.4. The molecule has 1 fully saturated rings. The zero-order valence-electron chi connectivity index (χ0n) is 11.1. The molecule has 2 unspecified atom stereocenters. The Balaban J connectivity index is 2.09. The third-order valence-electron chi connectivity index (χ3n) is 3.04. The number of benzene rings is 1. The van der Waals surface area contributed by atoms with Crippen LogP contribution in [0.1, 0.15) is 24.2 Å². The van der Waals surface area contributed by atoms with E-state index in [-0.39, 0.29) is 18.1 Å². The Labute approximate surface area is 113 Å². The standard InChI is InChI=1S/C14H19NO2S/c1-10-8-15(9-11(2)17-10)14(16)12-4-6-13(18-3)7-5-12/h4-7,10-11H,8-9H2,1-3H3. The molecule has 0 spiro atoms. The molecular weight excluding hydrogens is 246 g/mol. The van der Waals surface area contributed by atoms with Crippen molar-refractivity contribution in [2.75, 3.05) is 19.3 Å². The van der Waals surface area contributed by atoms with Crippen LogP contribution in [0.2, 0.25) is 0 Å². The number of rotatable bonds is 2. The summed E-state index contributed by atoms with van der Waals surface area (Å²) < 4.78 is 5.64. The zero-order valence-corrected chi connectivity index (χ0v) is 11.9. The van der Waals surface area contributed by atoms with Gasteiger partial charge in [0.1, 0.15) is 0 Å². The van der Waals surface area contributed by atoms with E-state index in [0.717, 1.165) is 5.56 Å². The van der Waals surface area contributed by atoms with Crippen LogP contribution in [0.5, 0.6) is 0 Å². The topological polar surface area (TPSA) is 29.5 Å². The van der Waals surface area contributed by atoms with Crippen LogP contribution in [0.3, 0.4) is 0 Å². The Morgan fingerprint density at radius 3 is 2.28 bits per heavy atom. The van der Waals surface area contributed by atoms with Crippen LogP contribution in [-0.4, -0.2) is 42.4 Å². The van der Waals surface area contributed by atoms with Gasteiger partial charge in [-0.1, -0.05) is 0 Å². The fourth-order valence-electron chi connectivity index (χ4n) is 2.26. The summed E-state index contributed by atoms with van der Waals surface area (Å²) >= 11 is 1.68. The molecule has 4 heteroatoms. The molecule has 1 saturated heterocycles. The van der Waals surface area contributed by atoms with Gasteiger partial charge in [-0.05, 0) is 44.4 Å². The molecule has 1 aromatic rings. The zero-order chi connectivity index (χ0) is 13.1. The lowest BCUT2D eigenvalue weighted by Gasteiger charge is -2.35. The summed E-state index contributed by atoms with van der Waals surface area (Å²) in [5, 5.41) is 0. The maximum atomic E-state index is 12.4. The quantitative estimate of drug-likeness (QED) is 0.770. The van der Waals surface area contributed by atoms with Crippen molar-refractivity contribution >= 4 is 17.7 Å². The van der Waals surface area contributed by atoms with E-state index >= 15 is 0 Å². The second-order valence-electron chi connectivity index (χ2n) is 4.70. The number of ether oxygens (including phenoxy) is 1. The predicted molar refractivity (Wildman–Crippen MR) is 74.1 cm³/mol. The van der Waals surface area contributed by atoms with E-state index < -0.39 is 0 Å². The molecule has 0 bridgehead atoms. The number of morpholine rings is 1. The molecule has 1 aliphatic heterocycles. The molecule has 0 aromatic heterocycles. The Morgan fingerprint density at radius 1 is 1.22 bits per heavy atom. The molecule has 2 rings (SSSR count). The van der Waals surface area contributed by atoms with Crippen molar-refractivity contribution in [1.82, 2.24) is 4.90 Å². The molecule has 18 heavy (non-hydrogen) atoms. The molecule has 1 aromatic carbocycles. The molecule has 0 radical (unpaired) electrons. The molecule has 0 saturated carbocycles. The first-order valence-electron chi connectivity index (χ1n) is 6.19. The summed E-state index contributed by atoms with van der Waals surface area (Å²) in [4.78, 5) is 15.4. The van der Waals surface area contributed by atoms with E-state index in [1.165, 1.54) is 4.90 Å². The average molecular weight is 265 g/mol. The largest absolute Gasteiger partial charge is 0.372 e. The maximum Gasteiger partial charge on any atom is 0.254 e. The lowest BCUT2D eigenvalue weighted by Crippen LogP contribution is -2.48. The Bertz CT molecular complexity index is 408. The molecule has 1 aliphatic rings. The van der Waals surface area contributed by atoms with Crippen molar-refractivity contribution in [3.63, 3.8) is 0 Å². The normalized spacial score (nSPS) is 24.1. The Kier molecular flexibility index (Phi) is 4.30. The summed E-state index contributed by atoms with van der Waals surface area (Å²) in [5.74, 6) is 0.102. The molecule has 98 valence electrons. The van der Waals surface area contributed by atoms with E-state index in [2.05, 4.69) is 0 Å². The van der Waals surface area contributed by atoms with Gasteiger partial charge in [-0.15, -0.1) is 11.8 Å². The van der Waals surface area contributed by atoms with Crippen molar-refractivity contribution in [3.05, 3.63) is 29.8 Å². The average Bonchev–Trinajstić information content (AvgIpc) is 2.37. The highest BCUT2D eigenvalue weighted by atomic mass is 32.2. The number of amides is 1. The SMILES string of the molecule is CSc1ccc(C(=O)N2CC(C)OC(C)C2)cc1. The van der Waals surface area contributed by atoms with Crippen molar-refractivity contribution < 1.29 is 9.53 Å². The van der Waals surface area contributed by atoms with Crippen molar-refractivity contribution in [3.8, 4) is 0 Å². The number of carbonyl (C=O) groups excluding carboxylic acids is 1. The van der Waals surface area contributed by atoms with Gasteiger partial charge in [0.05, 0.1) is 12.2 Å². The monoisotopic (exact) mass is 265 g/mol. The van der Waals surface area contributed by atoms with E-state index in [1.807, 2.05) is 49.3 Å². The fraction of sp³-hybridized carbons (Fsp3) is 0.500. The second-order valence-corrected chi connectivity index (χ2v) is 5.58. The molecule has 2 atom stereocenters. The van der Waals surface area contributed by atoms with Gasteiger partial charge in [-0.25, -0.2) is 0 Å². The van der Waals surface area contributed by atoms with Gasteiger partial charge in [-0.3, -0.25) is 4.79 Å². The minimum absolute atomic E-state index is 0.102. The number of thioether (sulfide) groups is 1. The molecule has 1 amide bonds. The van der Waals surface area contributed by atoms with E-state index in [0.29, 0.717) is 13.1 Å². The smallest absolute Gasteiger partial charge is 0.254 e. The number of hydrogen-bond donors (Lipinski definition) is 0.